The molecule has 7 nitrogen and oxygen atoms in total. The number of anilines is 1. The van der Waals surface area contributed by atoms with Gasteiger partial charge in [-0.15, -0.1) is 0 Å². The first kappa shape index (κ1) is 19.7. The van der Waals surface area contributed by atoms with Crippen LogP contribution in [0.15, 0.2) is 30.5 Å². The van der Waals surface area contributed by atoms with Crippen LogP contribution in [0.4, 0.5) is 19.1 Å². The van der Waals surface area contributed by atoms with Gasteiger partial charge in [0.25, 0.3) is 5.91 Å². The number of methoxy groups -OCH3 is 2. The summed E-state index contributed by atoms with van der Waals surface area (Å²) in [5.74, 6) is 0.751. The molecule has 1 fully saturated rings. The number of hydrogen-bond acceptors (Lipinski definition) is 6. The molecule has 150 valence electrons. The van der Waals surface area contributed by atoms with E-state index in [-0.39, 0.29) is 11.9 Å². The highest BCUT2D eigenvalue weighted by Gasteiger charge is 2.34. The third kappa shape index (κ3) is 4.10. The SMILES string of the molecule is COc1ccc(C(=O)N2CCN(c3nccc(C(F)(F)F)n3)CC2)c(OC)c1. The van der Waals surface area contributed by atoms with Gasteiger partial charge >= 0.3 is 6.18 Å². The molecule has 1 aliphatic rings. The Morgan fingerprint density at radius 1 is 1.07 bits per heavy atom. The number of rotatable bonds is 4. The fraction of sp³-hybridized carbons (Fsp3) is 0.389. The molecule has 1 aromatic heterocycles. The van der Waals surface area contributed by atoms with Crippen LogP contribution >= 0.6 is 0 Å². The molecule has 1 saturated heterocycles. The number of alkyl halides is 3. The first-order valence-electron chi connectivity index (χ1n) is 8.50. The standard InChI is InChI=1S/C18H19F3N4O3/c1-27-12-3-4-13(14(11-12)28-2)16(26)24-7-9-25(10-8-24)17-22-6-5-15(23-17)18(19,20)21/h3-6,11H,7-10H2,1-2H3. The van der Waals surface area contributed by atoms with Crippen LogP contribution in [0.3, 0.4) is 0 Å². The van der Waals surface area contributed by atoms with Crippen LogP contribution in [0.25, 0.3) is 0 Å². The molecule has 0 saturated carbocycles. The van der Waals surface area contributed by atoms with E-state index in [4.69, 9.17) is 9.47 Å². The van der Waals surface area contributed by atoms with Crippen LogP contribution in [0.1, 0.15) is 16.1 Å². The van der Waals surface area contributed by atoms with Crippen molar-refractivity contribution in [2.24, 2.45) is 0 Å². The van der Waals surface area contributed by atoms with E-state index in [1.54, 1.807) is 28.0 Å². The molecule has 28 heavy (non-hydrogen) atoms. The van der Waals surface area contributed by atoms with Gasteiger partial charge in [0.2, 0.25) is 5.95 Å². The predicted molar refractivity (Wildman–Crippen MR) is 94.7 cm³/mol. The number of amides is 1. The largest absolute Gasteiger partial charge is 0.497 e. The Morgan fingerprint density at radius 2 is 1.79 bits per heavy atom. The molecule has 1 amide bonds. The Balaban J connectivity index is 1.70. The number of hydrogen-bond donors (Lipinski definition) is 0. The lowest BCUT2D eigenvalue weighted by Crippen LogP contribution is -2.49. The summed E-state index contributed by atoms with van der Waals surface area (Å²) in [6, 6.07) is 5.75. The number of aromatic nitrogens is 2. The van der Waals surface area contributed by atoms with Crippen molar-refractivity contribution in [3.63, 3.8) is 0 Å². The molecule has 0 atom stereocenters. The van der Waals surface area contributed by atoms with Gasteiger partial charge in [0.05, 0.1) is 19.8 Å². The molecule has 2 aromatic rings. The Hall–Kier alpha value is -3.04. The van der Waals surface area contributed by atoms with Gasteiger partial charge in [-0.25, -0.2) is 9.97 Å². The van der Waals surface area contributed by atoms with E-state index in [0.29, 0.717) is 43.2 Å². The third-order valence-electron chi connectivity index (χ3n) is 4.42. The maximum Gasteiger partial charge on any atom is 0.433 e. The van der Waals surface area contributed by atoms with Crippen molar-refractivity contribution in [2.75, 3.05) is 45.3 Å². The van der Waals surface area contributed by atoms with Crippen molar-refractivity contribution in [2.45, 2.75) is 6.18 Å². The minimum absolute atomic E-state index is 0.00366. The summed E-state index contributed by atoms with van der Waals surface area (Å²) in [5.41, 5.74) is -0.592. The molecule has 0 aliphatic carbocycles. The molecule has 0 N–H and O–H groups in total. The fourth-order valence-electron chi connectivity index (χ4n) is 2.91. The Labute approximate surface area is 159 Å². The van der Waals surface area contributed by atoms with E-state index >= 15 is 0 Å². The van der Waals surface area contributed by atoms with Crippen molar-refractivity contribution in [3.05, 3.63) is 41.7 Å². The summed E-state index contributed by atoms with van der Waals surface area (Å²) in [6.07, 6.45) is -3.44. The highest BCUT2D eigenvalue weighted by molar-refractivity contribution is 5.97. The zero-order valence-corrected chi connectivity index (χ0v) is 15.4. The number of nitrogens with zero attached hydrogens (tertiary/aromatic N) is 4. The van der Waals surface area contributed by atoms with Crippen LogP contribution in [0, 0.1) is 0 Å². The van der Waals surface area contributed by atoms with Gasteiger partial charge in [0.15, 0.2) is 0 Å². The zero-order chi connectivity index (χ0) is 20.3. The molecule has 3 rings (SSSR count). The lowest BCUT2D eigenvalue weighted by molar-refractivity contribution is -0.141. The highest BCUT2D eigenvalue weighted by Crippen LogP contribution is 2.29. The van der Waals surface area contributed by atoms with E-state index in [0.717, 1.165) is 12.3 Å². The molecule has 0 unspecified atom stereocenters. The van der Waals surface area contributed by atoms with E-state index in [9.17, 15) is 18.0 Å². The molecular formula is C18H19F3N4O3. The van der Waals surface area contributed by atoms with Crippen LogP contribution in [0.2, 0.25) is 0 Å². The van der Waals surface area contributed by atoms with Gasteiger partial charge in [-0.1, -0.05) is 0 Å². The third-order valence-corrected chi connectivity index (χ3v) is 4.42. The van der Waals surface area contributed by atoms with Crippen molar-refractivity contribution < 1.29 is 27.4 Å². The van der Waals surface area contributed by atoms with E-state index in [1.807, 2.05) is 0 Å². The van der Waals surface area contributed by atoms with Crippen LogP contribution in [0.5, 0.6) is 11.5 Å². The minimum Gasteiger partial charge on any atom is -0.497 e. The second-order valence-electron chi connectivity index (χ2n) is 6.09. The normalized spacial score (nSPS) is 14.8. The van der Waals surface area contributed by atoms with Gasteiger partial charge in [0, 0.05) is 38.4 Å². The molecule has 1 aliphatic heterocycles. The Morgan fingerprint density at radius 3 is 2.39 bits per heavy atom. The number of ether oxygens (including phenoxy) is 2. The van der Waals surface area contributed by atoms with Gasteiger partial charge in [-0.3, -0.25) is 4.79 Å². The summed E-state index contributed by atoms with van der Waals surface area (Å²) in [5, 5.41) is 0. The van der Waals surface area contributed by atoms with Crippen LogP contribution in [-0.2, 0) is 6.18 Å². The van der Waals surface area contributed by atoms with E-state index < -0.39 is 11.9 Å². The summed E-state index contributed by atoms with van der Waals surface area (Å²) in [4.78, 5) is 23.6. The first-order valence-corrected chi connectivity index (χ1v) is 8.50. The number of carbonyl (C=O) groups is 1. The summed E-state index contributed by atoms with van der Waals surface area (Å²) in [6.45, 7) is 1.30. The molecule has 2 heterocycles. The summed E-state index contributed by atoms with van der Waals surface area (Å²) < 4.78 is 48.9. The zero-order valence-electron chi connectivity index (χ0n) is 15.4. The average molecular weight is 396 g/mol. The average Bonchev–Trinajstić information content (AvgIpc) is 2.72. The maximum absolute atomic E-state index is 12.8. The minimum atomic E-state index is -4.53. The van der Waals surface area contributed by atoms with Crippen molar-refractivity contribution in [1.82, 2.24) is 14.9 Å². The Bertz CT molecular complexity index is 852. The lowest BCUT2D eigenvalue weighted by Gasteiger charge is -2.35. The second-order valence-corrected chi connectivity index (χ2v) is 6.09. The Kier molecular flexibility index (Phi) is 5.57. The molecule has 0 radical (unpaired) electrons. The van der Waals surface area contributed by atoms with E-state index in [2.05, 4.69) is 9.97 Å². The number of piperazine rings is 1. The van der Waals surface area contributed by atoms with Crippen molar-refractivity contribution >= 4 is 11.9 Å². The van der Waals surface area contributed by atoms with Gasteiger partial charge < -0.3 is 19.3 Å². The molecule has 0 spiro atoms. The molecule has 1 aromatic carbocycles. The topological polar surface area (TPSA) is 67.8 Å². The monoisotopic (exact) mass is 396 g/mol. The lowest BCUT2D eigenvalue weighted by atomic mass is 10.1. The predicted octanol–water partition coefficient (Wildman–Crippen LogP) is 2.48. The fourth-order valence-corrected chi connectivity index (χ4v) is 2.91. The number of halogens is 3. The molecule has 0 bridgehead atoms. The van der Waals surface area contributed by atoms with Gasteiger partial charge in [-0.05, 0) is 18.2 Å². The highest BCUT2D eigenvalue weighted by atomic mass is 19.4. The summed E-state index contributed by atoms with van der Waals surface area (Å²) >= 11 is 0. The molecular weight excluding hydrogens is 377 g/mol. The van der Waals surface area contributed by atoms with Crippen LogP contribution in [-0.4, -0.2) is 61.2 Å². The first-order chi connectivity index (χ1) is 13.3. The van der Waals surface area contributed by atoms with Crippen molar-refractivity contribution in [3.8, 4) is 11.5 Å². The maximum atomic E-state index is 12.8. The number of benzene rings is 1. The smallest absolute Gasteiger partial charge is 0.433 e. The number of carbonyl (C=O) groups excluding carboxylic acids is 1. The summed E-state index contributed by atoms with van der Waals surface area (Å²) in [7, 11) is 2.99. The molecule has 10 heteroatoms. The van der Waals surface area contributed by atoms with Gasteiger partial charge in [-0.2, -0.15) is 13.2 Å². The van der Waals surface area contributed by atoms with E-state index in [1.165, 1.54) is 14.2 Å². The van der Waals surface area contributed by atoms with Gasteiger partial charge in [0.1, 0.15) is 17.2 Å². The van der Waals surface area contributed by atoms with Crippen LogP contribution < -0.4 is 14.4 Å². The second kappa shape index (κ2) is 7.91. The van der Waals surface area contributed by atoms with Crippen molar-refractivity contribution in [1.29, 1.82) is 0 Å². The quantitative estimate of drug-likeness (QED) is 0.791.